The molecule has 0 aromatic heterocycles. The maximum atomic E-state index is 14.5. The molecule has 1 amide bonds. The van der Waals surface area contributed by atoms with E-state index in [4.69, 9.17) is 5.73 Å². The molecule has 0 bridgehead atoms. The van der Waals surface area contributed by atoms with Crippen molar-refractivity contribution in [3.05, 3.63) is 83.7 Å². The molecule has 5 nitrogen and oxygen atoms in total. The normalized spacial score (nSPS) is 10.9. The molecule has 3 rings (SSSR count). The minimum atomic E-state index is -0.389. The third-order valence-corrected chi connectivity index (χ3v) is 5.38. The van der Waals surface area contributed by atoms with Gasteiger partial charge in [0, 0.05) is 49.5 Å². The molecule has 0 radical (unpaired) electrons. The number of nitrogen functional groups attached to an aromatic ring is 1. The Morgan fingerprint density at radius 3 is 2.33 bits per heavy atom. The molecule has 3 aromatic rings. The van der Waals surface area contributed by atoms with Crippen LogP contribution in [-0.2, 0) is 0 Å². The van der Waals surface area contributed by atoms with E-state index in [1.807, 2.05) is 62.5 Å². The fourth-order valence-corrected chi connectivity index (χ4v) is 3.49. The summed E-state index contributed by atoms with van der Waals surface area (Å²) in [5.41, 5.74) is 10.5. The Kier molecular flexibility index (Phi) is 7.72. The van der Waals surface area contributed by atoms with E-state index in [1.165, 1.54) is 6.07 Å². The SMILES string of the molecule is CCC/C=C/c1cc(NC(=O)c2ccc(N(C)C)cc2)ccc1N(C)c1ccc(N)cc1F. The molecule has 0 unspecified atom stereocenters. The summed E-state index contributed by atoms with van der Waals surface area (Å²) in [7, 11) is 5.72. The molecule has 0 heterocycles. The number of nitrogens with zero attached hydrogens (tertiary/aromatic N) is 2. The molecule has 3 N–H and O–H groups in total. The molecule has 0 aliphatic rings. The molecule has 6 heteroatoms. The van der Waals surface area contributed by atoms with Gasteiger partial charge in [0.25, 0.3) is 5.91 Å². The third-order valence-electron chi connectivity index (χ3n) is 5.38. The monoisotopic (exact) mass is 446 g/mol. The number of halogens is 1. The van der Waals surface area contributed by atoms with Gasteiger partial charge in [0.2, 0.25) is 0 Å². The standard InChI is InChI=1S/C27H31FN4O/c1-5-6-7-8-20-17-22(30-27(33)19-9-13-23(14-10-19)31(2)3)12-16-25(20)32(4)26-15-11-21(29)18-24(26)28/h7-18H,5-6,29H2,1-4H3,(H,30,33)/b8-7+. The first-order chi connectivity index (χ1) is 15.8. The highest BCUT2D eigenvalue weighted by molar-refractivity contribution is 6.04. The zero-order valence-corrected chi connectivity index (χ0v) is 19.6. The average molecular weight is 447 g/mol. The summed E-state index contributed by atoms with van der Waals surface area (Å²) in [6.07, 6.45) is 6.03. The molecular formula is C27H31FN4O. The summed E-state index contributed by atoms with van der Waals surface area (Å²) in [4.78, 5) is 16.5. The minimum Gasteiger partial charge on any atom is -0.399 e. The molecule has 0 aliphatic heterocycles. The van der Waals surface area contributed by atoms with Crippen molar-refractivity contribution >= 4 is 40.4 Å². The number of nitrogens with one attached hydrogen (secondary N) is 1. The van der Waals surface area contributed by atoms with E-state index in [0.717, 1.165) is 29.8 Å². The zero-order chi connectivity index (χ0) is 24.0. The molecule has 3 aromatic carbocycles. The van der Waals surface area contributed by atoms with Crippen molar-refractivity contribution in [2.45, 2.75) is 19.8 Å². The van der Waals surface area contributed by atoms with Crippen LogP contribution in [0.15, 0.2) is 66.7 Å². The summed E-state index contributed by atoms with van der Waals surface area (Å²) in [5, 5.41) is 2.97. The number of hydrogen-bond acceptors (Lipinski definition) is 4. The molecule has 0 atom stereocenters. The molecule has 33 heavy (non-hydrogen) atoms. The van der Waals surface area contributed by atoms with Gasteiger partial charge in [0.1, 0.15) is 5.82 Å². The average Bonchev–Trinajstić information content (AvgIpc) is 2.79. The van der Waals surface area contributed by atoms with E-state index < -0.39 is 0 Å². The Morgan fingerprint density at radius 1 is 1.00 bits per heavy atom. The first-order valence-electron chi connectivity index (χ1n) is 11.0. The maximum Gasteiger partial charge on any atom is 0.255 e. The predicted molar refractivity (Wildman–Crippen MR) is 138 cm³/mol. The van der Waals surface area contributed by atoms with Crippen LogP contribution in [0.1, 0.15) is 35.7 Å². The van der Waals surface area contributed by atoms with Gasteiger partial charge >= 0.3 is 0 Å². The summed E-state index contributed by atoms with van der Waals surface area (Å²) in [5.74, 6) is -0.575. The van der Waals surface area contributed by atoms with E-state index in [2.05, 4.69) is 18.3 Å². The van der Waals surface area contributed by atoms with Gasteiger partial charge in [-0.25, -0.2) is 4.39 Å². The van der Waals surface area contributed by atoms with Gasteiger partial charge in [0.05, 0.1) is 5.69 Å². The second-order valence-corrected chi connectivity index (χ2v) is 8.13. The van der Waals surface area contributed by atoms with E-state index in [1.54, 1.807) is 29.2 Å². The molecular weight excluding hydrogens is 415 g/mol. The smallest absolute Gasteiger partial charge is 0.255 e. The van der Waals surface area contributed by atoms with Gasteiger partial charge < -0.3 is 20.9 Å². The van der Waals surface area contributed by atoms with Gasteiger partial charge in [-0.3, -0.25) is 4.79 Å². The lowest BCUT2D eigenvalue weighted by Crippen LogP contribution is -2.15. The van der Waals surface area contributed by atoms with Crippen LogP contribution >= 0.6 is 0 Å². The molecule has 0 aliphatic carbocycles. The van der Waals surface area contributed by atoms with Gasteiger partial charge in [0.15, 0.2) is 0 Å². The van der Waals surface area contributed by atoms with E-state index in [9.17, 15) is 9.18 Å². The summed E-state index contributed by atoms with van der Waals surface area (Å²) >= 11 is 0. The summed E-state index contributed by atoms with van der Waals surface area (Å²) in [6.45, 7) is 2.11. The number of anilines is 5. The van der Waals surface area contributed by atoms with Gasteiger partial charge in [-0.15, -0.1) is 0 Å². The van der Waals surface area contributed by atoms with Gasteiger partial charge in [-0.1, -0.05) is 25.5 Å². The summed E-state index contributed by atoms with van der Waals surface area (Å²) < 4.78 is 14.5. The Morgan fingerprint density at radius 2 is 1.70 bits per heavy atom. The van der Waals surface area contributed by atoms with Gasteiger partial charge in [-0.05, 0) is 72.6 Å². The van der Waals surface area contributed by atoms with Crippen molar-refractivity contribution in [2.24, 2.45) is 0 Å². The van der Waals surface area contributed by atoms with Crippen LogP contribution < -0.4 is 20.9 Å². The Bertz CT molecular complexity index is 1140. The van der Waals surface area contributed by atoms with Crippen LogP contribution in [-0.4, -0.2) is 27.1 Å². The second kappa shape index (κ2) is 10.7. The topological polar surface area (TPSA) is 61.6 Å². The van der Waals surface area contributed by atoms with E-state index in [-0.39, 0.29) is 11.7 Å². The Balaban J connectivity index is 1.89. The van der Waals surface area contributed by atoms with Crippen LogP contribution in [0.4, 0.5) is 32.8 Å². The second-order valence-electron chi connectivity index (χ2n) is 8.13. The van der Waals surface area contributed by atoms with Crippen LogP contribution in [0.2, 0.25) is 0 Å². The van der Waals surface area contributed by atoms with Crippen molar-refractivity contribution in [3.8, 4) is 0 Å². The number of rotatable bonds is 8. The molecule has 0 fully saturated rings. The minimum absolute atomic E-state index is 0.186. The third kappa shape index (κ3) is 5.92. The summed E-state index contributed by atoms with van der Waals surface area (Å²) in [6, 6.07) is 17.7. The molecule has 0 spiro atoms. The first-order valence-corrected chi connectivity index (χ1v) is 11.0. The lowest BCUT2D eigenvalue weighted by atomic mass is 10.1. The highest BCUT2D eigenvalue weighted by Crippen LogP contribution is 2.32. The van der Waals surface area contributed by atoms with Crippen molar-refractivity contribution in [2.75, 3.05) is 42.0 Å². The maximum absolute atomic E-state index is 14.5. The van der Waals surface area contributed by atoms with Crippen LogP contribution in [0, 0.1) is 5.82 Å². The number of carbonyl (C=O) groups is 1. The van der Waals surface area contributed by atoms with Crippen LogP contribution in [0.25, 0.3) is 6.08 Å². The highest BCUT2D eigenvalue weighted by Gasteiger charge is 2.14. The fraction of sp³-hybridized carbons (Fsp3) is 0.222. The van der Waals surface area contributed by atoms with E-state index in [0.29, 0.717) is 22.6 Å². The van der Waals surface area contributed by atoms with Crippen molar-refractivity contribution in [3.63, 3.8) is 0 Å². The number of unbranched alkanes of at least 4 members (excludes halogenated alkanes) is 1. The zero-order valence-electron chi connectivity index (χ0n) is 19.6. The quantitative estimate of drug-likeness (QED) is 0.398. The predicted octanol–water partition coefficient (Wildman–Crippen LogP) is 6.31. The van der Waals surface area contributed by atoms with Crippen LogP contribution in [0.5, 0.6) is 0 Å². The highest BCUT2D eigenvalue weighted by atomic mass is 19.1. The molecule has 0 saturated heterocycles. The Labute approximate surface area is 195 Å². The number of amides is 1. The number of carbonyl (C=O) groups excluding carboxylic acids is 1. The molecule has 172 valence electrons. The lowest BCUT2D eigenvalue weighted by Gasteiger charge is -2.23. The van der Waals surface area contributed by atoms with Crippen molar-refractivity contribution < 1.29 is 9.18 Å². The van der Waals surface area contributed by atoms with Crippen molar-refractivity contribution in [1.29, 1.82) is 0 Å². The Hall–Kier alpha value is -3.80. The van der Waals surface area contributed by atoms with E-state index >= 15 is 0 Å². The largest absolute Gasteiger partial charge is 0.399 e. The number of benzene rings is 3. The lowest BCUT2D eigenvalue weighted by molar-refractivity contribution is 0.102. The van der Waals surface area contributed by atoms with Crippen LogP contribution in [0.3, 0.4) is 0 Å². The first kappa shape index (κ1) is 23.9. The molecule has 0 saturated carbocycles. The number of nitrogens with two attached hydrogens (primary N) is 1. The van der Waals surface area contributed by atoms with Crippen molar-refractivity contribution in [1.82, 2.24) is 0 Å². The van der Waals surface area contributed by atoms with Gasteiger partial charge in [-0.2, -0.15) is 0 Å². The number of allylic oxidation sites excluding steroid dienone is 1. The fourth-order valence-electron chi connectivity index (χ4n) is 3.49. The number of hydrogen-bond donors (Lipinski definition) is 2.